The first kappa shape index (κ1) is 8.73. The van der Waals surface area contributed by atoms with Crippen LogP contribution in [0.1, 0.15) is 48.2 Å². The van der Waals surface area contributed by atoms with Crippen molar-refractivity contribution in [2.24, 2.45) is 10.8 Å². The quantitative estimate of drug-likeness (QED) is 0.612. The van der Waals surface area contributed by atoms with E-state index in [2.05, 4.69) is 0 Å². The van der Waals surface area contributed by atoms with Crippen molar-refractivity contribution in [1.82, 2.24) is 0 Å². The Hall–Kier alpha value is -0.310. The number of hydrogen-bond acceptors (Lipinski definition) is 2. The Morgan fingerprint density at radius 2 is 2.00 bits per heavy atom. The Morgan fingerprint density at radius 1 is 1.31 bits per heavy atom. The smallest absolute Gasteiger partial charge is 0.154 e. The largest absolute Gasteiger partial charge is 0.229 e. The van der Waals surface area contributed by atoms with Crippen LogP contribution in [-0.2, 0) is 9.84 Å². The monoisotopic (exact) mass is 242 g/mol. The topological polar surface area (TPSA) is 34.1 Å². The maximum atomic E-state index is 12.5. The normalized spacial score (nSPS) is 60.7. The maximum Gasteiger partial charge on any atom is 0.154 e. The summed E-state index contributed by atoms with van der Waals surface area (Å²) in [6.07, 6.45) is 8.94. The Morgan fingerprint density at radius 3 is 2.75 bits per heavy atom. The molecule has 1 saturated heterocycles. The molecule has 0 N–H and O–H groups in total. The number of allylic oxidation sites excluding steroid dienone is 2. The van der Waals surface area contributed by atoms with Crippen molar-refractivity contribution in [2.75, 3.05) is 5.73 Å². The van der Waals surface area contributed by atoms with Gasteiger partial charge >= 0.3 is 0 Å². The lowest BCUT2D eigenvalue weighted by molar-refractivity contribution is 0.0154. The van der Waals surface area contributed by atoms with Crippen LogP contribution in [0.3, 0.4) is 0 Å². The van der Waals surface area contributed by atoms with Crippen LogP contribution in [0.2, 0.25) is 0 Å². The second-order valence-corrected chi connectivity index (χ2v) is 7.48. The summed E-state index contributed by atoms with van der Waals surface area (Å²) in [5.74, 6) is 0. The van der Waals surface area contributed by atoms with Gasteiger partial charge in [-0.1, -0.05) is 25.0 Å². The lowest BCUT2D eigenvalue weighted by Gasteiger charge is -2.51. The molecule has 0 aromatic rings. The van der Waals surface area contributed by atoms with Crippen LogP contribution in [0, 0.1) is 10.8 Å². The van der Waals surface area contributed by atoms with Gasteiger partial charge in [0.15, 0.2) is 9.84 Å². The van der Waals surface area contributed by atoms with E-state index >= 15 is 0 Å². The van der Waals surface area contributed by atoms with E-state index < -0.39 is 31.6 Å². The second kappa shape index (κ2) is 3.12. The van der Waals surface area contributed by atoms with Gasteiger partial charge in [0.05, 0.1) is 11.0 Å². The Balaban J connectivity index is 2.31. The zero-order valence-electron chi connectivity index (χ0n) is 11.7. The predicted molar refractivity (Wildman–Crippen MR) is 65.0 cm³/mol. The summed E-state index contributed by atoms with van der Waals surface area (Å²) in [4.78, 5) is 0. The number of hydrogen-bond donors (Lipinski definition) is 0. The van der Waals surface area contributed by atoms with E-state index in [1.54, 1.807) is 0 Å². The molecule has 3 heteroatoms. The van der Waals surface area contributed by atoms with Crippen LogP contribution >= 0.6 is 0 Å². The van der Waals surface area contributed by atoms with Crippen LogP contribution < -0.4 is 0 Å². The van der Waals surface area contributed by atoms with Crippen molar-refractivity contribution in [3.63, 3.8) is 0 Å². The molecule has 4 unspecified atom stereocenters. The Labute approximate surface area is 101 Å². The molecule has 1 aliphatic heterocycles. The first-order valence-corrected chi connectivity index (χ1v) is 7.67. The van der Waals surface area contributed by atoms with E-state index in [9.17, 15) is 8.42 Å². The minimum Gasteiger partial charge on any atom is -0.229 e. The van der Waals surface area contributed by atoms with Crippen molar-refractivity contribution in [1.29, 1.82) is 0 Å². The third kappa shape index (κ3) is 1.10. The van der Waals surface area contributed by atoms with Gasteiger partial charge in [0.1, 0.15) is 0 Å². The SMILES string of the molecule is [2H]C1C23CC=CCC2(CCCC3)C([2H])(C)S1(=O)=O. The maximum absolute atomic E-state index is 12.5. The van der Waals surface area contributed by atoms with Crippen LogP contribution in [-0.4, -0.2) is 19.4 Å². The van der Waals surface area contributed by atoms with E-state index in [0.717, 1.165) is 25.7 Å². The van der Waals surface area contributed by atoms with Gasteiger partial charge in [-0.05, 0) is 43.4 Å². The lowest BCUT2D eigenvalue weighted by atomic mass is 9.51. The summed E-state index contributed by atoms with van der Waals surface area (Å²) in [7, 11) is -3.69. The molecule has 0 aromatic carbocycles. The molecule has 1 heterocycles. The fourth-order valence-electron chi connectivity index (χ4n) is 4.08. The average molecular weight is 242 g/mol. The standard InChI is InChI=1S/C13H20O2S/c1-11-13-8-4-2-6-12(13,7-3-5-9-13)10-16(11,14)15/h2,4,11H,3,5-10H2,1H3/i10D,11D. The summed E-state index contributed by atoms with van der Waals surface area (Å²) in [5, 5.41) is -1.50. The number of sulfone groups is 1. The van der Waals surface area contributed by atoms with Crippen LogP contribution in [0.15, 0.2) is 12.2 Å². The van der Waals surface area contributed by atoms with E-state index in [0.29, 0.717) is 12.8 Å². The van der Waals surface area contributed by atoms with Gasteiger partial charge in [-0.25, -0.2) is 8.42 Å². The zero-order chi connectivity index (χ0) is 13.2. The summed E-state index contributed by atoms with van der Waals surface area (Å²) >= 11 is 0. The van der Waals surface area contributed by atoms with Crippen molar-refractivity contribution < 1.29 is 11.2 Å². The van der Waals surface area contributed by atoms with Crippen molar-refractivity contribution >= 4 is 9.84 Å². The van der Waals surface area contributed by atoms with Gasteiger partial charge < -0.3 is 0 Å². The first-order chi connectivity index (χ1) is 8.32. The molecule has 2 fully saturated rings. The molecule has 16 heavy (non-hydrogen) atoms. The molecule has 0 aromatic heterocycles. The van der Waals surface area contributed by atoms with Gasteiger partial charge in [-0.2, -0.15) is 0 Å². The van der Waals surface area contributed by atoms with Gasteiger partial charge in [-0.3, -0.25) is 0 Å². The third-order valence-electron chi connectivity index (χ3n) is 5.03. The van der Waals surface area contributed by atoms with Crippen LogP contribution in [0.4, 0.5) is 0 Å². The zero-order valence-corrected chi connectivity index (χ0v) is 10.5. The van der Waals surface area contributed by atoms with E-state index in [1.807, 2.05) is 12.2 Å². The minimum absolute atomic E-state index is 0.505. The number of rotatable bonds is 0. The lowest BCUT2D eigenvalue weighted by Crippen LogP contribution is -2.47. The Kier molecular flexibility index (Phi) is 1.70. The molecule has 1 saturated carbocycles. The average Bonchev–Trinajstić information content (AvgIpc) is 2.46. The molecule has 0 radical (unpaired) electrons. The highest BCUT2D eigenvalue weighted by molar-refractivity contribution is 7.92. The second-order valence-electron chi connectivity index (χ2n) is 5.54. The van der Waals surface area contributed by atoms with Gasteiger partial charge in [0.2, 0.25) is 0 Å². The van der Waals surface area contributed by atoms with Crippen LogP contribution in [0.5, 0.6) is 0 Å². The molecule has 3 rings (SSSR count). The van der Waals surface area contributed by atoms with Gasteiger partial charge in [0.25, 0.3) is 0 Å². The summed E-state index contributed by atoms with van der Waals surface area (Å²) < 4.78 is 41.9. The first-order valence-electron chi connectivity index (χ1n) is 7.20. The molecule has 3 aliphatic rings. The van der Waals surface area contributed by atoms with E-state index in [4.69, 9.17) is 2.74 Å². The molecule has 2 aliphatic carbocycles. The molecule has 2 nitrogen and oxygen atoms in total. The highest BCUT2D eigenvalue weighted by Gasteiger charge is 2.64. The van der Waals surface area contributed by atoms with Crippen LogP contribution in [0.25, 0.3) is 0 Å². The Bertz CT molecular complexity index is 511. The molecule has 0 bridgehead atoms. The molecule has 90 valence electrons. The summed E-state index contributed by atoms with van der Waals surface area (Å²) in [5.41, 5.74) is -2.15. The van der Waals surface area contributed by atoms with Crippen molar-refractivity contribution in [3.05, 3.63) is 12.2 Å². The minimum atomic E-state index is -3.69. The fourth-order valence-corrected chi connectivity index (χ4v) is 6.23. The molecule has 0 amide bonds. The highest BCUT2D eigenvalue weighted by Crippen LogP contribution is 2.65. The molecular weight excluding hydrogens is 220 g/mol. The molecule has 4 atom stereocenters. The predicted octanol–water partition coefficient (Wildman–Crippen LogP) is 2.70. The van der Waals surface area contributed by atoms with E-state index in [1.165, 1.54) is 6.92 Å². The van der Waals surface area contributed by atoms with E-state index in [-0.39, 0.29) is 0 Å². The van der Waals surface area contributed by atoms with Gasteiger partial charge in [0, 0.05) is 2.74 Å². The summed E-state index contributed by atoms with van der Waals surface area (Å²) in [6, 6.07) is 0. The molecular formula is C13H20O2S. The van der Waals surface area contributed by atoms with Gasteiger partial charge in [-0.15, -0.1) is 0 Å². The highest BCUT2D eigenvalue weighted by atomic mass is 32.2. The summed E-state index contributed by atoms with van der Waals surface area (Å²) in [6.45, 7) is 1.54. The fraction of sp³-hybridized carbons (Fsp3) is 0.846. The van der Waals surface area contributed by atoms with Crippen molar-refractivity contribution in [3.8, 4) is 0 Å². The molecule has 0 spiro atoms. The third-order valence-corrected chi connectivity index (χ3v) is 7.03. The van der Waals surface area contributed by atoms with Crippen molar-refractivity contribution in [2.45, 2.75) is 50.7 Å².